The maximum Gasteiger partial charge on any atom is 1.00 e. The quantitative estimate of drug-likeness (QED) is 0.0212. The maximum absolute atomic E-state index is 13.0. The standard InChI is InChI=1S/C50H86O7S.Na/c1-3-5-7-9-11-13-15-17-19-21-23-25-27-29-31-33-35-37-39-44-56-49(51)46-42-41-43-47(58(53,54)55)48(46)50(52)57-45-40-38-36-34-32-30-28-26-24-22-20-18-16-14-12-10-8-6-4-2;/h9-12,41-43H,3-8,13-40,44-45H2,1-2H3,(H,53,54,55);/q;+1/p-1/b11-9+,12-10+;. The second-order valence-electron chi connectivity index (χ2n) is 16.4. The number of carbonyl (C=O) groups excluding carboxylic acids is 2. The summed E-state index contributed by atoms with van der Waals surface area (Å²) in [7, 11) is -5.02. The van der Waals surface area contributed by atoms with E-state index in [4.69, 9.17) is 9.47 Å². The molecule has 1 aromatic rings. The zero-order chi connectivity index (χ0) is 42.2. The van der Waals surface area contributed by atoms with Crippen LogP contribution in [-0.2, 0) is 19.6 Å². The topological polar surface area (TPSA) is 110 Å². The Bertz CT molecular complexity index is 1310. The molecule has 334 valence electrons. The van der Waals surface area contributed by atoms with Crippen molar-refractivity contribution in [3.63, 3.8) is 0 Å². The van der Waals surface area contributed by atoms with Crippen molar-refractivity contribution in [2.45, 2.75) is 237 Å². The van der Waals surface area contributed by atoms with Crippen LogP contribution in [0.25, 0.3) is 0 Å². The Kier molecular flexibility index (Phi) is 40.9. The van der Waals surface area contributed by atoms with Crippen molar-refractivity contribution >= 4 is 22.1 Å². The second-order valence-corrected chi connectivity index (χ2v) is 17.7. The second kappa shape index (κ2) is 41.9. The molecule has 0 unspecified atom stereocenters. The van der Waals surface area contributed by atoms with Crippen LogP contribution in [0.4, 0.5) is 0 Å². The van der Waals surface area contributed by atoms with Gasteiger partial charge in [-0.1, -0.05) is 211 Å². The molecule has 1 rings (SSSR count). The van der Waals surface area contributed by atoms with Crippen molar-refractivity contribution in [1.82, 2.24) is 0 Å². The van der Waals surface area contributed by atoms with Gasteiger partial charge < -0.3 is 14.0 Å². The molecular formula is C50H85NaO7S. The molecular weight excluding hydrogens is 768 g/mol. The Morgan fingerprint density at radius 3 is 1.12 bits per heavy atom. The molecule has 0 spiro atoms. The van der Waals surface area contributed by atoms with Crippen molar-refractivity contribution in [1.29, 1.82) is 0 Å². The molecule has 0 atom stereocenters. The first-order valence-corrected chi connectivity index (χ1v) is 25.5. The summed E-state index contributed by atoms with van der Waals surface area (Å²) < 4.78 is 46.9. The molecule has 59 heavy (non-hydrogen) atoms. The zero-order valence-electron chi connectivity index (χ0n) is 38.3. The van der Waals surface area contributed by atoms with Gasteiger partial charge in [0.1, 0.15) is 10.1 Å². The molecule has 0 aromatic heterocycles. The number of hydrogen-bond donors (Lipinski definition) is 0. The molecule has 0 bridgehead atoms. The minimum atomic E-state index is -5.02. The molecule has 0 aliphatic heterocycles. The first-order chi connectivity index (χ1) is 28.3. The summed E-state index contributed by atoms with van der Waals surface area (Å²) >= 11 is 0. The molecule has 0 saturated heterocycles. The smallest absolute Gasteiger partial charge is 0.744 e. The van der Waals surface area contributed by atoms with E-state index < -0.39 is 32.5 Å². The summed E-state index contributed by atoms with van der Waals surface area (Å²) in [6.07, 6.45) is 50.4. The van der Waals surface area contributed by atoms with Gasteiger partial charge in [0.2, 0.25) is 0 Å². The third-order valence-corrected chi connectivity index (χ3v) is 11.9. The molecule has 7 nitrogen and oxygen atoms in total. The molecule has 0 amide bonds. The predicted octanol–water partition coefficient (Wildman–Crippen LogP) is 12.3. The van der Waals surface area contributed by atoms with Crippen LogP contribution in [0, 0.1) is 0 Å². The van der Waals surface area contributed by atoms with Crippen LogP contribution in [0.5, 0.6) is 0 Å². The van der Waals surface area contributed by atoms with E-state index in [0.717, 1.165) is 44.6 Å². The number of esters is 2. The van der Waals surface area contributed by atoms with Crippen LogP contribution < -0.4 is 29.6 Å². The van der Waals surface area contributed by atoms with Gasteiger partial charge in [-0.25, -0.2) is 18.0 Å². The molecule has 0 saturated carbocycles. The van der Waals surface area contributed by atoms with Crippen LogP contribution in [-0.4, -0.2) is 38.1 Å². The van der Waals surface area contributed by atoms with Crippen LogP contribution in [0.3, 0.4) is 0 Å². The van der Waals surface area contributed by atoms with E-state index in [0.29, 0.717) is 12.8 Å². The van der Waals surface area contributed by atoms with Gasteiger partial charge in [0.15, 0.2) is 0 Å². The SMILES string of the molecule is CCCC/C=C/CCCCCCCCCCCCCCCOC(=O)c1cccc(S(=O)(=O)[O-])c1C(=O)OCCCCCCCCCCCCCCC/C=C/CCCC.[Na+]. The summed E-state index contributed by atoms with van der Waals surface area (Å²) in [6, 6.07) is 3.64. The number of ether oxygens (including phenoxy) is 2. The molecule has 0 aliphatic carbocycles. The molecule has 1 aromatic carbocycles. The molecule has 0 heterocycles. The van der Waals surface area contributed by atoms with Gasteiger partial charge in [-0.2, -0.15) is 0 Å². The summed E-state index contributed by atoms with van der Waals surface area (Å²) in [4.78, 5) is 25.3. The van der Waals surface area contributed by atoms with Gasteiger partial charge in [-0.15, -0.1) is 0 Å². The van der Waals surface area contributed by atoms with Crippen LogP contribution in [0.15, 0.2) is 47.4 Å². The van der Waals surface area contributed by atoms with E-state index in [-0.39, 0.29) is 48.3 Å². The summed E-state index contributed by atoms with van der Waals surface area (Å²) in [6.45, 7) is 4.72. The van der Waals surface area contributed by atoms with Crippen molar-refractivity contribution in [3.05, 3.63) is 53.6 Å². The number of hydrogen-bond acceptors (Lipinski definition) is 7. The monoisotopic (exact) mass is 853 g/mol. The Morgan fingerprint density at radius 1 is 0.475 bits per heavy atom. The van der Waals surface area contributed by atoms with Crippen molar-refractivity contribution < 1.29 is 61.6 Å². The summed E-state index contributed by atoms with van der Waals surface area (Å²) in [5.74, 6) is -1.81. The van der Waals surface area contributed by atoms with Crippen molar-refractivity contribution in [2.75, 3.05) is 13.2 Å². The molecule has 0 radical (unpaired) electrons. The average Bonchev–Trinajstić information content (AvgIpc) is 3.21. The van der Waals surface area contributed by atoms with Crippen LogP contribution >= 0.6 is 0 Å². The Labute approximate surface area is 385 Å². The fourth-order valence-electron chi connectivity index (χ4n) is 7.33. The molecule has 0 aliphatic rings. The number of benzene rings is 1. The Morgan fingerprint density at radius 2 is 0.780 bits per heavy atom. The maximum atomic E-state index is 13.0. The number of allylic oxidation sites excluding steroid dienone is 4. The largest absolute Gasteiger partial charge is 1.00 e. The van der Waals surface area contributed by atoms with Gasteiger partial charge in [0, 0.05) is 0 Å². The number of unbranched alkanes of at least 4 members (excludes halogenated alkanes) is 30. The van der Waals surface area contributed by atoms with Gasteiger partial charge in [-0.3, -0.25) is 0 Å². The van der Waals surface area contributed by atoms with E-state index in [1.807, 2.05) is 0 Å². The van der Waals surface area contributed by atoms with Crippen LogP contribution in [0.1, 0.15) is 253 Å². The summed E-state index contributed by atoms with van der Waals surface area (Å²) in [5, 5.41) is 0. The van der Waals surface area contributed by atoms with Gasteiger partial charge in [-0.05, 0) is 63.5 Å². The van der Waals surface area contributed by atoms with E-state index in [9.17, 15) is 22.6 Å². The zero-order valence-corrected chi connectivity index (χ0v) is 41.1. The van der Waals surface area contributed by atoms with E-state index in [1.165, 1.54) is 179 Å². The molecule has 9 heteroatoms. The van der Waals surface area contributed by atoms with Crippen molar-refractivity contribution in [2.24, 2.45) is 0 Å². The predicted molar refractivity (Wildman–Crippen MR) is 242 cm³/mol. The van der Waals surface area contributed by atoms with Crippen molar-refractivity contribution in [3.8, 4) is 0 Å². The fraction of sp³-hybridized carbons (Fsp3) is 0.760. The third kappa shape index (κ3) is 33.8. The van der Waals surface area contributed by atoms with E-state index in [2.05, 4.69) is 38.2 Å². The van der Waals surface area contributed by atoms with Gasteiger partial charge in [0.05, 0.1) is 29.2 Å². The Hall–Kier alpha value is -1.45. The molecule has 0 fully saturated rings. The molecule has 0 N–H and O–H groups in total. The summed E-state index contributed by atoms with van der Waals surface area (Å²) in [5.41, 5.74) is -0.773. The normalized spacial score (nSPS) is 11.7. The number of rotatable bonds is 41. The number of carbonyl (C=O) groups is 2. The van der Waals surface area contributed by atoms with Gasteiger partial charge >= 0.3 is 41.5 Å². The van der Waals surface area contributed by atoms with E-state index >= 15 is 0 Å². The van der Waals surface area contributed by atoms with E-state index in [1.54, 1.807) is 0 Å². The fourth-order valence-corrected chi connectivity index (χ4v) is 8.02. The first-order valence-electron chi connectivity index (χ1n) is 24.1. The third-order valence-electron chi connectivity index (χ3n) is 11.0. The Balaban J connectivity index is 0.0000336. The average molecular weight is 853 g/mol. The minimum absolute atomic E-state index is 0. The minimum Gasteiger partial charge on any atom is -0.744 e. The van der Waals surface area contributed by atoms with Gasteiger partial charge in [0.25, 0.3) is 0 Å². The first kappa shape index (κ1) is 57.5. The van der Waals surface area contributed by atoms with Crippen LogP contribution in [0.2, 0.25) is 0 Å².